The van der Waals surface area contributed by atoms with Gasteiger partial charge in [-0.15, -0.1) is 0 Å². The molecule has 122 valence electrons. The van der Waals surface area contributed by atoms with Crippen LogP contribution in [0, 0.1) is 5.92 Å². The predicted molar refractivity (Wildman–Crippen MR) is 90.9 cm³/mol. The number of hydrogen-bond acceptors (Lipinski definition) is 3. The number of ether oxygens (including phenoxy) is 3. The van der Waals surface area contributed by atoms with Crippen molar-refractivity contribution in [2.75, 3.05) is 19.8 Å². The molecule has 1 aliphatic carbocycles. The van der Waals surface area contributed by atoms with Gasteiger partial charge in [0.05, 0.1) is 6.61 Å². The van der Waals surface area contributed by atoms with Crippen molar-refractivity contribution < 1.29 is 14.2 Å². The Morgan fingerprint density at radius 2 is 1.48 bits per heavy atom. The van der Waals surface area contributed by atoms with Crippen LogP contribution >= 0.6 is 0 Å². The van der Waals surface area contributed by atoms with E-state index in [2.05, 4.69) is 12.1 Å². The second-order valence-corrected chi connectivity index (χ2v) is 5.97. The molecule has 1 saturated carbocycles. The smallest absolute Gasteiger partial charge is 0.120 e. The van der Waals surface area contributed by atoms with Gasteiger partial charge in [0.15, 0.2) is 0 Å². The van der Waals surface area contributed by atoms with Crippen LogP contribution in [0.3, 0.4) is 0 Å². The van der Waals surface area contributed by atoms with E-state index in [4.69, 9.17) is 14.2 Å². The van der Waals surface area contributed by atoms with Gasteiger partial charge in [0.25, 0.3) is 0 Å². The minimum Gasteiger partial charge on any atom is -0.491 e. The lowest BCUT2D eigenvalue weighted by Crippen LogP contribution is -2.19. The predicted octanol–water partition coefficient (Wildman–Crippen LogP) is 4.46. The maximum Gasteiger partial charge on any atom is 0.120 e. The van der Waals surface area contributed by atoms with Crippen LogP contribution in [0.25, 0.3) is 0 Å². The van der Waals surface area contributed by atoms with Gasteiger partial charge in [0, 0.05) is 6.61 Å². The van der Waals surface area contributed by atoms with Gasteiger partial charge >= 0.3 is 0 Å². The van der Waals surface area contributed by atoms with Gasteiger partial charge in [-0.05, 0) is 48.6 Å². The average Bonchev–Trinajstić information content (AvgIpc) is 2.56. The first-order valence-corrected chi connectivity index (χ1v) is 8.37. The van der Waals surface area contributed by atoms with E-state index in [1.807, 2.05) is 42.5 Å². The Morgan fingerprint density at radius 3 is 2.13 bits per heavy atom. The third kappa shape index (κ3) is 5.29. The Balaban J connectivity index is 1.33. The Bertz CT molecular complexity index is 561. The Hall–Kier alpha value is -2.00. The second-order valence-electron chi connectivity index (χ2n) is 5.97. The molecule has 3 rings (SSSR count). The van der Waals surface area contributed by atoms with E-state index in [1.165, 1.54) is 19.3 Å². The molecule has 23 heavy (non-hydrogen) atoms. The van der Waals surface area contributed by atoms with Crippen molar-refractivity contribution in [1.29, 1.82) is 0 Å². The molecule has 0 N–H and O–H groups in total. The maximum atomic E-state index is 5.75. The van der Waals surface area contributed by atoms with Crippen molar-refractivity contribution in [3.63, 3.8) is 0 Å². The van der Waals surface area contributed by atoms with Crippen molar-refractivity contribution in [2.45, 2.75) is 25.9 Å². The van der Waals surface area contributed by atoms with Gasteiger partial charge in [-0.1, -0.05) is 36.8 Å². The van der Waals surface area contributed by atoms with Gasteiger partial charge in [0.2, 0.25) is 0 Å². The minimum atomic E-state index is 0.579. The van der Waals surface area contributed by atoms with E-state index in [9.17, 15) is 0 Å². The number of rotatable bonds is 9. The monoisotopic (exact) mass is 312 g/mol. The Kier molecular flexibility index (Phi) is 5.93. The molecule has 3 nitrogen and oxygen atoms in total. The molecule has 0 spiro atoms. The molecule has 1 aliphatic rings. The van der Waals surface area contributed by atoms with E-state index < -0.39 is 0 Å². The fourth-order valence-electron chi connectivity index (χ4n) is 2.50. The molecule has 2 aromatic rings. The summed E-state index contributed by atoms with van der Waals surface area (Å²) in [6.07, 6.45) is 4.01. The van der Waals surface area contributed by atoms with Crippen molar-refractivity contribution in [3.8, 4) is 11.5 Å². The molecule has 0 aromatic heterocycles. The van der Waals surface area contributed by atoms with Crippen LogP contribution in [0.5, 0.6) is 11.5 Å². The molecule has 0 radical (unpaired) electrons. The largest absolute Gasteiger partial charge is 0.491 e. The van der Waals surface area contributed by atoms with Gasteiger partial charge in [-0.25, -0.2) is 0 Å². The zero-order valence-corrected chi connectivity index (χ0v) is 13.4. The van der Waals surface area contributed by atoms with E-state index in [0.717, 1.165) is 29.6 Å². The Morgan fingerprint density at radius 1 is 0.783 bits per heavy atom. The van der Waals surface area contributed by atoms with Gasteiger partial charge in [-0.3, -0.25) is 0 Å². The fourth-order valence-corrected chi connectivity index (χ4v) is 2.50. The lowest BCUT2D eigenvalue weighted by Gasteiger charge is -2.24. The van der Waals surface area contributed by atoms with E-state index in [0.29, 0.717) is 19.8 Å². The molecule has 0 aliphatic heterocycles. The topological polar surface area (TPSA) is 27.7 Å². The molecule has 0 unspecified atom stereocenters. The van der Waals surface area contributed by atoms with Crippen molar-refractivity contribution in [2.24, 2.45) is 5.92 Å². The summed E-state index contributed by atoms with van der Waals surface area (Å²) >= 11 is 0. The van der Waals surface area contributed by atoms with Crippen molar-refractivity contribution >= 4 is 0 Å². The first kappa shape index (κ1) is 15.9. The normalized spacial score (nSPS) is 14.3. The van der Waals surface area contributed by atoms with Crippen molar-refractivity contribution in [3.05, 3.63) is 60.2 Å². The lowest BCUT2D eigenvalue weighted by atomic mass is 9.86. The SMILES string of the molecule is c1ccc(COc2ccc(OCCOCC3CCC3)cc2)cc1. The molecule has 0 amide bonds. The molecule has 0 saturated heterocycles. The number of hydrogen-bond donors (Lipinski definition) is 0. The van der Waals surface area contributed by atoms with E-state index in [-0.39, 0.29) is 0 Å². The number of benzene rings is 2. The molecule has 3 heteroatoms. The molecule has 1 fully saturated rings. The summed E-state index contributed by atoms with van der Waals surface area (Å²) in [5.41, 5.74) is 1.16. The zero-order chi connectivity index (χ0) is 15.7. The highest BCUT2D eigenvalue weighted by Crippen LogP contribution is 2.26. The molecule has 0 atom stereocenters. The third-order valence-electron chi connectivity index (χ3n) is 4.15. The molecule has 2 aromatic carbocycles. The first-order valence-electron chi connectivity index (χ1n) is 8.37. The highest BCUT2D eigenvalue weighted by Gasteiger charge is 2.16. The summed E-state index contributed by atoms with van der Waals surface area (Å²) in [4.78, 5) is 0. The zero-order valence-electron chi connectivity index (χ0n) is 13.4. The summed E-state index contributed by atoms with van der Waals surface area (Å²) in [7, 11) is 0. The van der Waals surface area contributed by atoms with Crippen LogP contribution in [-0.2, 0) is 11.3 Å². The second kappa shape index (κ2) is 8.59. The van der Waals surface area contributed by atoms with E-state index in [1.54, 1.807) is 0 Å². The van der Waals surface area contributed by atoms with Gasteiger partial charge in [0.1, 0.15) is 24.7 Å². The minimum absolute atomic E-state index is 0.579. The van der Waals surface area contributed by atoms with Gasteiger partial charge in [-0.2, -0.15) is 0 Å². The molecule has 0 heterocycles. The highest BCUT2D eigenvalue weighted by atomic mass is 16.5. The van der Waals surface area contributed by atoms with Crippen molar-refractivity contribution in [1.82, 2.24) is 0 Å². The summed E-state index contributed by atoms with van der Waals surface area (Å²) in [6.45, 7) is 2.71. The lowest BCUT2D eigenvalue weighted by molar-refractivity contribution is 0.0516. The van der Waals surface area contributed by atoms with Crippen LogP contribution in [0.1, 0.15) is 24.8 Å². The van der Waals surface area contributed by atoms with Crippen LogP contribution < -0.4 is 9.47 Å². The summed E-state index contributed by atoms with van der Waals surface area (Å²) in [5, 5.41) is 0. The standard InChI is InChI=1S/C20H24O3/c1-2-5-18(6-3-1)16-23-20-11-9-19(10-12-20)22-14-13-21-15-17-7-4-8-17/h1-3,5-6,9-12,17H,4,7-8,13-16H2. The summed E-state index contributed by atoms with van der Waals surface area (Å²) < 4.78 is 17.1. The molecular formula is C20H24O3. The van der Waals surface area contributed by atoms with Crippen LogP contribution in [-0.4, -0.2) is 19.8 Å². The third-order valence-corrected chi connectivity index (χ3v) is 4.15. The molecular weight excluding hydrogens is 288 g/mol. The van der Waals surface area contributed by atoms with Gasteiger partial charge < -0.3 is 14.2 Å². The summed E-state index contributed by atoms with van der Waals surface area (Å²) in [5.74, 6) is 2.49. The fraction of sp³-hybridized carbons (Fsp3) is 0.400. The van der Waals surface area contributed by atoms with Crippen LogP contribution in [0.15, 0.2) is 54.6 Å². The van der Waals surface area contributed by atoms with Crippen LogP contribution in [0.4, 0.5) is 0 Å². The molecule has 0 bridgehead atoms. The van der Waals surface area contributed by atoms with Crippen LogP contribution in [0.2, 0.25) is 0 Å². The Labute approximate surface area is 138 Å². The maximum absolute atomic E-state index is 5.75. The highest BCUT2D eigenvalue weighted by molar-refractivity contribution is 5.31. The quantitative estimate of drug-likeness (QED) is 0.640. The first-order chi connectivity index (χ1) is 11.4. The average molecular weight is 312 g/mol. The summed E-state index contributed by atoms with van der Waals surface area (Å²) in [6, 6.07) is 17.9. The van der Waals surface area contributed by atoms with E-state index >= 15 is 0 Å².